The summed E-state index contributed by atoms with van der Waals surface area (Å²) in [6, 6.07) is 2.48. The Morgan fingerprint density at radius 2 is 2.28 bits per heavy atom. The Hall–Kier alpha value is -0.600. The zero-order chi connectivity index (χ0) is 13.0. The van der Waals surface area contributed by atoms with Crippen LogP contribution in [-0.4, -0.2) is 15.4 Å². The molecule has 1 aliphatic rings. The molecule has 18 heavy (non-hydrogen) atoms. The van der Waals surface area contributed by atoms with E-state index in [4.69, 9.17) is 0 Å². The van der Waals surface area contributed by atoms with E-state index in [9.17, 15) is 5.26 Å². The molecule has 1 aromatic rings. The zero-order valence-corrected chi connectivity index (χ0v) is 12.6. The van der Waals surface area contributed by atoms with E-state index < -0.39 is 0 Å². The van der Waals surface area contributed by atoms with Crippen LogP contribution in [-0.2, 0) is 0 Å². The maximum atomic E-state index is 9.26. The molecular formula is C13H19N3S2. The van der Waals surface area contributed by atoms with Gasteiger partial charge in [-0.1, -0.05) is 42.9 Å². The first-order valence-corrected chi connectivity index (χ1v) is 8.29. The molecule has 3 nitrogen and oxygen atoms in total. The van der Waals surface area contributed by atoms with Crippen molar-refractivity contribution in [3.8, 4) is 6.07 Å². The van der Waals surface area contributed by atoms with Gasteiger partial charge in [0.05, 0.1) is 12.0 Å². The van der Waals surface area contributed by atoms with Crippen LogP contribution in [0.2, 0.25) is 0 Å². The first-order valence-electron chi connectivity index (χ1n) is 6.59. The van der Waals surface area contributed by atoms with Gasteiger partial charge >= 0.3 is 0 Å². The van der Waals surface area contributed by atoms with Crippen LogP contribution in [0, 0.1) is 30.1 Å². The van der Waals surface area contributed by atoms with E-state index in [-0.39, 0.29) is 5.92 Å². The van der Waals surface area contributed by atoms with Gasteiger partial charge in [-0.2, -0.15) is 5.26 Å². The molecule has 1 aliphatic carbocycles. The Morgan fingerprint density at radius 3 is 2.89 bits per heavy atom. The van der Waals surface area contributed by atoms with E-state index in [0.29, 0.717) is 5.25 Å². The van der Waals surface area contributed by atoms with E-state index in [1.165, 1.54) is 19.3 Å². The number of nitriles is 1. The van der Waals surface area contributed by atoms with E-state index in [1.54, 1.807) is 23.1 Å². The third kappa shape index (κ3) is 3.46. The van der Waals surface area contributed by atoms with Gasteiger partial charge < -0.3 is 0 Å². The maximum absolute atomic E-state index is 9.26. The van der Waals surface area contributed by atoms with E-state index >= 15 is 0 Å². The second-order valence-corrected chi connectivity index (χ2v) is 7.61. The number of rotatable bonds is 4. The van der Waals surface area contributed by atoms with Gasteiger partial charge in [0.1, 0.15) is 5.01 Å². The number of nitrogens with zero attached hydrogens (tertiary/aromatic N) is 3. The Labute approximate surface area is 117 Å². The molecule has 0 radical (unpaired) electrons. The molecule has 3 atom stereocenters. The van der Waals surface area contributed by atoms with Crippen LogP contribution < -0.4 is 0 Å². The van der Waals surface area contributed by atoms with Crippen molar-refractivity contribution < 1.29 is 0 Å². The first-order chi connectivity index (χ1) is 8.72. The molecule has 0 aromatic carbocycles. The van der Waals surface area contributed by atoms with Crippen molar-refractivity contribution in [1.82, 2.24) is 10.2 Å². The average molecular weight is 281 g/mol. The third-order valence-corrected chi connectivity index (χ3v) is 5.80. The number of thioether (sulfide) groups is 1. The van der Waals surface area contributed by atoms with Crippen molar-refractivity contribution in [3.05, 3.63) is 5.01 Å². The number of hydrogen-bond donors (Lipinski definition) is 0. The Bertz CT molecular complexity index is 424. The van der Waals surface area contributed by atoms with Gasteiger partial charge in [0, 0.05) is 5.25 Å². The molecule has 0 spiro atoms. The molecule has 0 aliphatic heterocycles. The summed E-state index contributed by atoms with van der Waals surface area (Å²) in [5, 5.41) is 18.9. The Balaban J connectivity index is 2.00. The fourth-order valence-electron chi connectivity index (χ4n) is 2.62. The third-order valence-electron chi connectivity index (χ3n) is 3.52. The smallest absolute Gasteiger partial charge is 0.174 e. The minimum absolute atomic E-state index is 0.187. The predicted octanol–water partition coefficient (Wildman–Crippen LogP) is 4.05. The topological polar surface area (TPSA) is 49.6 Å². The van der Waals surface area contributed by atoms with Crippen LogP contribution in [0.1, 0.15) is 44.0 Å². The summed E-state index contributed by atoms with van der Waals surface area (Å²) >= 11 is 3.41. The van der Waals surface area contributed by atoms with Crippen LogP contribution in [0.25, 0.3) is 0 Å². The molecule has 0 N–H and O–H groups in total. The summed E-state index contributed by atoms with van der Waals surface area (Å²) in [7, 11) is 0. The van der Waals surface area contributed by atoms with Gasteiger partial charge in [-0.3, -0.25) is 0 Å². The predicted molar refractivity (Wildman–Crippen MR) is 75.6 cm³/mol. The van der Waals surface area contributed by atoms with Crippen molar-refractivity contribution in [2.75, 3.05) is 0 Å². The van der Waals surface area contributed by atoms with Crippen LogP contribution in [0.5, 0.6) is 0 Å². The lowest BCUT2D eigenvalue weighted by molar-refractivity contribution is 0.307. The Kier molecular flexibility index (Phi) is 5.02. The second kappa shape index (κ2) is 6.53. The molecule has 3 unspecified atom stereocenters. The lowest BCUT2D eigenvalue weighted by atomic mass is 9.80. The average Bonchev–Trinajstić information content (AvgIpc) is 2.76. The van der Waals surface area contributed by atoms with Gasteiger partial charge in [0.25, 0.3) is 0 Å². The van der Waals surface area contributed by atoms with Gasteiger partial charge in [0.2, 0.25) is 0 Å². The second-order valence-electron chi connectivity index (χ2n) is 4.95. The molecule has 1 fully saturated rings. The summed E-state index contributed by atoms with van der Waals surface area (Å²) in [4.78, 5) is 0. The number of hydrogen-bond acceptors (Lipinski definition) is 5. The highest BCUT2D eigenvalue weighted by atomic mass is 32.2. The molecule has 2 rings (SSSR count). The summed E-state index contributed by atoms with van der Waals surface area (Å²) in [5.41, 5.74) is 0. The molecular weight excluding hydrogens is 262 g/mol. The number of aryl methyl sites for hydroxylation is 1. The SMILES string of the molecule is CCCC1CCC(C#N)C(Sc2nnc(C)s2)C1. The quantitative estimate of drug-likeness (QED) is 0.835. The van der Waals surface area contributed by atoms with Crippen molar-refractivity contribution in [1.29, 1.82) is 5.26 Å². The van der Waals surface area contributed by atoms with Gasteiger partial charge in [-0.25, -0.2) is 0 Å². The molecule has 1 heterocycles. The summed E-state index contributed by atoms with van der Waals surface area (Å²) in [6.07, 6.45) is 5.98. The molecule has 98 valence electrons. The van der Waals surface area contributed by atoms with Crippen molar-refractivity contribution >= 4 is 23.1 Å². The standard InChI is InChI=1S/C13H19N3S2/c1-3-4-10-5-6-11(8-14)12(7-10)18-13-16-15-9(2)17-13/h10-12H,3-7H2,1-2H3. The Morgan fingerprint density at radius 1 is 1.44 bits per heavy atom. The van der Waals surface area contributed by atoms with E-state index in [2.05, 4.69) is 23.2 Å². The number of aromatic nitrogens is 2. The molecule has 1 saturated carbocycles. The fraction of sp³-hybridized carbons (Fsp3) is 0.769. The normalized spacial score (nSPS) is 27.9. The van der Waals surface area contributed by atoms with Crippen LogP contribution in [0.15, 0.2) is 4.34 Å². The largest absolute Gasteiger partial charge is 0.198 e. The zero-order valence-electron chi connectivity index (χ0n) is 10.9. The minimum atomic E-state index is 0.187. The van der Waals surface area contributed by atoms with Crippen molar-refractivity contribution in [2.45, 2.75) is 55.5 Å². The molecule has 0 bridgehead atoms. The molecule has 5 heteroatoms. The van der Waals surface area contributed by atoms with E-state index in [1.807, 2.05) is 6.92 Å². The lowest BCUT2D eigenvalue weighted by Crippen LogP contribution is -2.26. The first kappa shape index (κ1) is 13.8. The maximum Gasteiger partial charge on any atom is 0.174 e. The van der Waals surface area contributed by atoms with Crippen LogP contribution in [0.3, 0.4) is 0 Å². The highest BCUT2D eigenvalue weighted by Gasteiger charge is 2.31. The highest BCUT2D eigenvalue weighted by Crippen LogP contribution is 2.41. The van der Waals surface area contributed by atoms with Gasteiger partial charge in [0.15, 0.2) is 4.34 Å². The molecule has 0 amide bonds. The summed E-state index contributed by atoms with van der Waals surface area (Å²) in [6.45, 7) is 4.22. The van der Waals surface area contributed by atoms with Gasteiger partial charge in [-0.15, -0.1) is 10.2 Å². The summed E-state index contributed by atoms with van der Waals surface area (Å²) < 4.78 is 1.02. The van der Waals surface area contributed by atoms with E-state index in [0.717, 1.165) is 28.1 Å². The molecule has 0 saturated heterocycles. The van der Waals surface area contributed by atoms with Crippen molar-refractivity contribution in [3.63, 3.8) is 0 Å². The fourth-order valence-corrected chi connectivity index (χ4v) is 5.03. The lowest BCUT2D eigenvalue weighted by Gasteiger charge is -2.31. The minimum Gasteiger partial charge on any atom is -0.198 e. The van der Waals surface area contributed by atoms with Gasteiger partial charge in [-0.05, 0) is 32.1 Å². The highest BCUT2D eigenvalue weighted by molar-refractivity contribution is 8.01. The van der Waals surface area contributed by atoms with Crippen molar-refractivity contribution in [2.24, 2.45) is 11.8 Å². The van der Waals surface area contributed by atoms with Crippen LogP contribution >= 0.6 is 23.1 Å². The molecule has 1 aromatic heterocycles. The van der Waals surface area contributed by atoms with Crippen LogP contribution in [0.4, 0.5) is 0 Å². The monoisotopic (exact) mass is 281 g/mol. The summed E-state index contributed by atoms with van der Waals surface area (Å²) in [5.74, 6) is 0.985.